The van der Waals surface area contributed by atoms with Crippen molar-refractivity contribution in [1.29, 1.82) is 0 Å². The fraction of sp³-hybridized carbons (Fsp3) is 0.231. The topological polar surface area (TPSA) is 81.1 Å². The van der Waals surface area contributed by atoms with Crippen LogP contribution in [-0.2, 0) is 6.54 Å². The first-order chi connectivity index (χ1) is 8.56. The Hall–Kier alpha value is -2.30. The molecule has 0 aliphatic carbocycles. The van der Waals surface area contributed by atoms with Crippen LogP contribution >= 0.6 is 0 Å². The first kappa shape index (κ1) is 12.2. The highest BCUT2D eigenvalue weighted by Gasteiger charge is 2.15. The molecule has 0 radical (unpaired) electrons. The van der Waals surface area contributed by atoms with Gasteiger partial charge in [-0.25, -0.2) is 4.79 Å². The molecule has 2 rings (SSSR count). The van der Waals surface area contributed by atoms with Crippen molar-refractivity contribution in [1.82, 2.24) is 9.78 Å². The van der Waals surface area contributed by atoms with Crippen molar-refractivity contribution >= 4 is 11.7 Å². The molecule has 0 fully saturated rings. The molecule has 0 saturated carbocycles. The van der Waals surface area contributed by atoms with Crippen LogP contribution in [-0.4, -0.2) is 20.9 Å². The second kappa shape index (κ2) is 4.52. The lowest BCUT2D eigenvalue weighted by atomic mass is 10.00. The molecule has 0 amide bonds. The second-order valence-corrected chi connectivity index (χ2v) is 4.04. The Morgan fingerprint density at radius 1 is 1.44 bits per heavy atom. The molecule has 0 aliphatic rings. The number of benzene rings is 1. The Morgan fingerprint density at radius 3 is 2.78 bits per heavy atom. The number of rotatable bonds is 3. The van der Waals surface area contributed by atoms with Crippen LogP contribution in [0.15, 0.2) is 24.4 Å². The summed E-state index contributed by atoms with van der Waals surface area (Å²) in [5, 5.41) is 13.2. The molecule has 0 saturated heterocycles. The lowest BCUT2D eigenvalue weighted by Gasteiger charge is -2.12. The zero-order valence-corrected chi connectivity index (χ0v) is 10.3. The molecule has 0 unspecified atom stereocenters. The Bertz CT molecular complexity index is 602. The number of hydrogen-bond donors (Lipinski definition) is 2. The van der Waals surface area contributed by atoms with Crippen molar-refractivity contribution < 1.29 is 9.90 Å². The number of carbonyl (C=O) groups is 1. The number of nitrogens with zero attached hydrogens (tertiary/aromatic N) is 2. The van der Waals surface area contributed by atoms with E-state index in [-0.39, 0.29) is 5.56 Å². The van der Waals surface area contributed by atoms with E-state index in [1.165, 1.54) is 6.07 Å². The molecule has 2 aromatic rings. The monoisotopic (exact) mass is 245 g/mol. The molecule has 0 aliphatic heterocycles. The van der Waals surface area contributed by atoms with Crippen LogP contribution < -0.4 is 5.73 Å². The first-order valence-electron chi connectivity index (χ1n) is 5.70. The van der Waals surface area contributed by atoms with Gasteiger partial charge in [-0.3, -0.25) is 4.68 Å². The standard InChI is InChI=1S/C13H15N3O2/c1-3-16-11(6-7-15-16)9-4-5-10(13(17)18)12(14)8(9)2/h4-7H,3,14H2,1-2H3,(H,17,18). The largest absolute Gasteiger partial charge is 0.478 e. The SMILES string of the molecule is CCn1nccc1-c1ccc(C(=O)O)c(N)c1C. The van der Waals surface area contributed by atoms with Crippen LogP contribution in [0.3, 0.4) is 0 Å². The van der Waals surface area contributed by atoms with Gasteiger partial charge >= 0.3 is 5.97 Å². The number of aromatic carboxylic acids is 1. The zero-order valence-electron chi connectivity index (χ0n) is 10.3. The third-order valence-corrected chi connectivity index (χ3v) is 3.04. The Balaban J connectivity index is 2.61. The van der Waals surface area contributed by atoms with Crippen LogP contribution in [0.4, 0.5) is 5.69 Å². The van der Waals surface area contributed by atoms with E-state index in [0.717, 1.165) is 23.4 Å². The van der Waals surface area contributed by atoms with Crippen molar-refractivity contribution in [2.24, 2.45) is 0 Å². The van der Waals surface area contributed by atoms with E-state index in [1.54, 1.807) is 12.3 Å². The fourth-order valence-corrected chi connectivity index (χ4v) is 2.01. The molecular formula is C13H15N3O2. The van der Waals surface area contributed by atoms with E-state index in [2.05, 4.69) is 5.10 Å². The van der Waals surface area contributed by atoms with E-state index in [1.807, 2.05) is 24.6 Å². The summed E-state index contributed by atoms with van der Waals surface area (Å²) in [5.41, 5.74) is 8.94. The smallest absolute Gasteiger partial charge is 0.337 e. The predicted molar refractivity (Wildman–Crippen MR) is 69.4 cm³/mol. The van der Waals surface area contributed by atoms with Crippen molar-refractivity contribution in [3.05, 3.63) is 35.5 Å². The van der Waals surface area contributed by atoms with E-state index in [9.17, 15) is 4.79 Å². The molecular weight excluding hydrogens is 230 g/mol. The molecule has 5 nitrogen and oxygen atoms in total. The average molecular weight is 245 g/mol. The Kier molecular flexibility index (Phi) is 3.06. The number of carboxylic acids is 1. The zero-order chi connectivity index (χ0) is 13.3. The highest BCUT2D eigenvalue weighted by molar-refractivity contribution is 5.96. The van der Waals surface area contributed by atoms with Crippen molar-refractivity contribution in [3.8, 4) is 11.3 Å². The molecule has 5 heteroatoms. The van der Waals surface area contributed by atoms with E-state index < -0.39 is 5.97 Å². The maximum Gasteiger partial charge on any atom is 0.337 e. The molecule has 18 heavy (non-hydrogen) atoms. The minimum Gasteiger partial charge on any atom is -0.478 e. The van der Waals surface area contributed by atoms with Crippen LogP contribution in [0.5, 0.6) is 0 Å². The summed E-state index contributed by atoms with van der Waals surface area (Å²) in [6, 6.07) is 5.21. The third kappa shape index (κ3) is 1.84. The number of aromatic nitrogens is 2. The summed E-state index contributed by atoms with van der Waals surface area (Å²) in [6.45, 7) is 4.58. The van der Waals surface area contributed by atoms with Crippen LogP contribution in [0.25, 0.3) is 11.3 Å². The number of nitrogens with two attached hydrogens (primary N) is 1. The third-order valence-electron chi connectivity index (χ3n) is 3.04. The molecule has 1 aromatic heterocycles. The predicted octanol–water partition coefficient (Wildman–Crippen LogP) is 2.16. The van der Waals surface area contributed by atoms with Gasteiger partial charge < -0.3 is 10.8 Å². The number of hydrogen-bond acceptors (Lipinski definition) is 3. The molecule has 1 heterocycles. The summed E-state index contributed by atoms with van der Waals surface area (Å²) in [6.07, 6.45) is 1.72. The summed E-state index contributed by atoms with van der Waals surface area (Å²) in [5.74, 6) is -1.01. The normalized spacial score (nSPS) is 10.6. The molecule has 3 N–H and O–H groups in total. The van der Waals surface area contributed by atoms with Crippen molar-refractivity contribution in [2.45, 2.75) is 20.4 Å². The lowest BCUT2D eigenvalue weighted by molar-refractivity contribution is 0.0698. The van der Waals surface area contributed by atoms with Gasteiger partial charge in [0.2, 0.25) is 0 Å². The van der Waals surface area contributed by atoms with Crippen molar-refractivity contribution in [2.75, 3.05) is 5.73 Å². The Morgan fingerprint density at radius 2 is 2.17 bits per heavy atom. The van der Waals surface area contributed by atoms with Crippen molar-refractivity contribution in [3.63, 3.8) is 0 Å². The molecule has 0 spiro atoms. The molecule has 94 valence electrons. The van der Waals surface area contributed by atoms with Gasteiger partial charge in [0.1, 0.15) is 0 Å². The summed E-state index contributed by atoms with van der Waals surface area (Å²) in [4.78, 5) is 11.0. The number of nitrogen functional groups attached to an aromatic ring is 1. The summed E-state index contributed by atoms with van der Waals surface area (Å²) >= 11 is 0. The van der Waals surface area contributed by atoms with Gasteiger partial charge in [-0.1, -0.05) is 6.07 Å². The maximum absolute atomic E-state index is 11.0. The number of carboxylic acid groups (broad SMARTS) is 1. The minimum atomic E-state index is -1.01. The maximum atomic E-state index is 11.0. The van der Waals surface area contributed by atoms with Gasteiger partial charge in [0.15, 0.2) is 0 Å². The van der Waals surface area contributed by atoms with E-state index in [4.69, 9.17) is 10.8 Å². The highest BCUT2D eigenvalue weighted by atomic mass is 16.4. The molecule has 0 atom stereocenters. The number of anilines is 1. The summed E-state index contributed by atoms with van der Waals surface area (Å²) < 4.78 is 1.85. The van der Waals surface area contributed by atoms with Crippen LogP contribution in [0, 0.1) is 6.92 Å². The molecule has 1 aromatic carbocycles. The quantitative estimate of drug-likeness (QED) is 0.812. The Labute approximate surface area is 105 Å². The first-order valence-corrected chi connectivity index (χ1v) is 5.70. The lowest BCUT2D eigenvalue weighted by Crippen LogP contribution is -2.06. The molecule has 0 bridgehead atoms. The van der Waals surface area contributed by atoms with Gasteiger partial charge in [-0.15, -0.1) is 0 Å². The highest BCUT2D eigenvalue weighted by Crippen LogP contribution is 2.29. The van der Waals surface area contributed by atoms with E-state index in [0.29, 0.717) is 5.69 Å². The van der Waals surface area contributed by atoms with Gasteiger partial charge in [0, 0.05) is 24.0 Å². The minimum absolute atomic E-state index is 0.138. The van der Waals surface area contributed by atoms with Gasteiger partial charge in [0.25, 0.3) is 0 Å². The van der Waals surface area contributed by atoms with Gasteiger partial charge in [0.05, 0.1) is 11.3 Å². The van der Waals surface area contributed by atoms with Gasteiger partial charge in [-0.2, -0.15) is 5.10 Å². The van der Waals surface area contributed by atoms with Crippen LogP contribution in [0.1, 0.15) is 22.8 Å². The average Bonchev–Trinajstić information content (AvgIpc) is 2.80. The number of aryl methyl sites for hydroxylation is 1. The second-order valence-electron chi connectivity index (χ2n) is 4.04. The van der Waals surface area contributed by atoms with Crippen LogP contribution in [0.2, 0.25) is 0 Å². The fourth-order valence-electron chi connectivity index (χ4n) is 2.01. The van der Waals surface area contributed by atoms with Gasteiger partial charge in [-0.05, 0) is 31.5 Å². The summed E-state index contributed by atoms with van der Waals surface area (Å²) in [7, 11) is 0. The van der Waals surface area contributed by atoms with E-state index >= 15 is 0 Å².